The summed E-state index contributed by atoms with van der Waals surface area (Å²) in [5.74, 6) is -0.364. The summed E-state index contributed by atoms with van der Waals surface area (Å²) >= 11 is 0. The third kappa shape index (κ3) is 6.55. The molecule has 0 radical (unpaired) electrons. The van der Waals surface area contributed by atoms with Gasteiger partial charge < -0.3 is 16.4 Å². The van der Waals surface area contributed by atoms with Crippen LogP contribution in [0.5, 0.6) is 0 Å². The van der Waals surface area contributed by atoms with Crippen LogP contribution in [-0.4, -0.2) is 49.1 Å². The van der Waals surface area contributed by atoms with Crippen LogP contribution in [0.15, 0.2) is 24.3 Å². The molecule has 4 N–H and O–H groups in total. The predicted molar refractivity (Wildman–Crippen MR) is 90.3 cm³/mol. The molecule has 1 saturated heterocycles. The number of rotatable bonds is 6. The molecule has 0 atom stereocenters. The third-order valence-electron chi connectivity index (χ3n) is 4.28. The Balaban J connectivity index is 1.66. The molecule has 1 aliphatic rings. The van der Waals surface area contributed by atoms with E-state index >= 15 is 0 Å². The second-order valence-electron chi connectivity index (χ2n) is 6.36. The number of piperidine rings is 1. The molecule has 0 unspecified atom stereocenters. The van der Waals surface area contributed by atoms with Crippen LogP contribution < -0.4 is 16.4 Å². The maximum Gasteiger partial charge on any atom is 0.416 e. The van der Waals surface area contributed by atoms with Gasteiger partial charge in [-0.2, -0.15) is 13.2 Å². The van der Waals surface area contributed by atoms with Crippen LogP contribution >= 0.6 is 0 Å². The molecule has 6 nitrogen and oxygen atoms in total. The predicted octanol–water partition coefficient (Wildman–Crippen LogP) is 1.50. The number of primary amides is 1. The highest BCUT2D eigenvalue weighted by atomic mass is 19.4. The number of nitrogens with zero attached hydrogens (tertiary/aromatic N) is 1. The van der Waals surface area contributed by atoms with Crippen molar-refractivity contribution in [3.05, 3.63) is 35.4 Å². The first-order valence-corrected chi connectivity index (χ1v) is 8.45. The summed E-state index contributed by atoms with van der Waals surface area (Å²) in [5, 5.41) is 5.57. The molecule has 0 aromatic heterocycles. The molecule has 1 fully saturated rings. The van der Waals surface area contributed by atoms with Gasteiger partial charge in [-0.15, -0.1) is 0 Å². The number of carbonyl (C=O) groups excluding carboxylic acids is 2. The molecule has 144 valence electrons. The summed E-state index contributed by atoms with van der Waals surface area (Å²) in [6.07, 6.45) is -2.43. The van der Waals surface area contributed by atoms with Crippen LogP contribution in [0, 0.1) is 0 Å². The van der Waals surface area contributed by atoms with Crippen molar-refractivity contribution in [3.63, 3.8) is 0 Å². The van der Waals surface area contributed by atoms with Gasteiger partial charge in [0.2, 0.25) is 5.91 Å². The fraction of sp³-hybridized carbons (Fsp3) is 0.529. The summed E-state index contributed by atoms with van der Waals surface area (Å²) in [6.45, 7) is 1.95. The van der Waals surface area contributed by atoms with Gasteiger partial charge in [-0.3, -0.25) is 9.69 Å². The van der Waals surface area contributed by atoms with Gasteiger partial charge >= 0.3 is 12.2 Å². The van der Waals surface area contributed by atoms with Crippen molar-refractivity contribution in [2.24, 2.45) is 5.73 Å². The number of urea groups is 1. The summed E-state index contributed by atoms with van der Waals surface area (Å²) in [4.78, 5) is 24.7. The van der Waals surface area contributed by atoms with Crippen molar-refractivity contribution in [1.29, 1.82) is 0 Å². The SMILES string of the molecule is NC(=O)CN1CCC(NC(=O)NCCc2ccc(C(F)(F)F)cc2)CC1. The van der Waals surface area contributed by atoms with E-state index in [1.807, 2.05) is 4.90 Å². The van der Waals surface area contributed by atoms with Crippen molar-refractivity contribution in [1.82, 2.24) is 15.5 Å². The fourth-order valence-corrected chi connectivity index (χ4v) is 2.87. The lowest BCUT2D eigenvalue weighted by atomic mass is 10.1. The number of amides is 3. The van der Waals surface area contributed by atoms with Gasteiger partial charge in [-0.25, -0.2) is 4.79 Å². The van der Waals surface area contributed by atoms with Gasteiger partial charge in [-0.1, -0.05) is 12.1 Å². The maximum absolute atomic E-state index is 12.5. The number of hydrogen-bond donors (Lipinski definition) is 3. The minimum atomic E-state index is -4.34. The molecule has 2 rings (SSSR count). The van der Waals surface area contributed by atoms with Crippen molar-refractivity contribution >= 4 is 11.9 Å². The number of hydrogen-bond acceptors (Lipinski definition) is 3. The van der Waals surface area contributed by atoms with E-state index in [0.29, 0.717) is 26.1 Å². The average molecular weight is 372 g/mol. The second-order valence-corrected chi connectivity index (χ2v) is 6.36. The lowest BCUT2D eigenvalue weighted by molar-refractivity contribution is -0.137. The summed E-state index contributed by atoms with van der Waals surface area (Å²) < 4.78 is 37.5. The number of alkyl halides is 3. The first-order valence-electron chi connectivity index (χ1n) is 8.45. The fourth-order valence-electron chi connectivity index (χ4n) is 2.87. The molecule has 1 aliphatic heterocycles. The van der Waals surface area contributed by atoms with E-state index in [1.54, 1.807) is 0 Å². The number of halogens is 3. The highest BCUT2D eigenvalue weighted by Gasteiger charge is 2.29. The minimum Gasteiger partial charge on any atom is -0.369 e. The normalized spacial score (nSPS) is 16.3. The Kier molecular flexibility index (Phi) is 6.84. The molecule has 0 aliphatic carbocycles. The van der Waals surface area contributed by atoms with Crippen LogP contribution in [0.2, 0.25) is 0 Å². The maximum atomic E-state index is 12.5. The molecule has 1 heterocycles. The van der Waals surface area contributed by atoms with Gasteiger partial charge in [0.25, 0.3) is 0 Å². The zero-order valence-corrected chi connectivity index (χ0v) is 14.3. The Labute approximate surface area is 149 Å². The molecule has 0 bridgehead atoms. The lowest BCUT2D eigenvalue weighted by Crippen LogP contribution is -2.49. The smallest absolute Gasteiger partial charge is 0.369 e. The highest BCUT2D eigenvalue weighted by Crippen LogP contribution is 2.29. The van der Waals surface area contributed by atoms with Gasteiger partial charge in [0.15, 0.2) is 0 Å². The average Bonchev–Trinajstić information content (AvgIpc) is 2.56. The summed E-state index contributed by atoms with van der Waals surface area (Å²) in [5.41, 5.74) is 5.19. The van der Waals surface area contributed by atoms with Crippen LogP contribution in [0.1, 0.15) is 24.0 Å². The third-order valence-corrected chi connectivity index (χ3v) is 4.28. The van der Waals surface area contributed by atoms with Crippen LogP contribution in [-0.2, 0) is 17.4 Å². The van der Waals surface area contributed by atoms with E-state index < -0.39 is 11.7 Å². The Morgan fingerprint density at radius 3 is 2.31 bits per heavy atom. The highest BCUT2D eigenvalue weighted by molar-refractivity contribution is 5.76. The Morgan fingerprint density at radius 2 is 1.77 bits per heavy atom. The largest absolute Gasteiger partial charge is 0.416 e. The molecule has 26 heavy (non-hydrogen) atoms. The van der Waals surface area contributed by atoms with Crippen molar-refractivity contribution < 1.29 is 22.8 Å². The zero-order valence-electron chi connectivity index (χ0n) is 14.3. The van der Waals surface area contributed by atoms with E-state index in [9.17, 15) is 22.8 Å². The Hall–Kier alpha value is -2.29. The lowest BCUT2D eigenvalue weighted by Gasteiger charge is -2.31. The summed E-state index contributed by atoms with van der Waals surface area (Å²) in [6, 6.07) is 4.63. The molecule has 1 aromatic rings. The standard InChI is InChI=1S/C17H23F3N4O2/c18-17(19,20)13-3-1-12(2-4-13)5-8-22-16(26)23-14-6-9-24(10-7-14)11-15(21)25/h1-4,14H,5-11H2,(H2,21,25)(H2,22,23,26). The second kappa shape index (κ2) is 8.88. The van der Waals surface area contributed by atoms with E-state index in [-0.39, 0.29) is 24.5 Å². The van der Waals surface area contributed by atoms with E-state index in [4.69, 9.17) is 5.73 Å². The zero-order chi connectivity index (χ0) is 19.2. The molecule has 9 heteroatoms. The number of nitrogens with one attached hydrogen (secondary N) is 2. The van der Waals surface area contributed by atoms with Crippen LogP contribution in [0.4, 0.5) is 18.0 Å². The van der Waals surface area contributed by atoms with E-state index in [2.05, 4.69) is 10.6 Å². The number of benzene rings is 1. The molecule has 0 spiro atoms. The molecular formula is C17H23F3N4O2. The summed E-state index contributed by atoms with van der Waals surface area (Å²) in [7, 11) is 0. The van der Waals surface area contributed by atoms with Gasteiger partial charge in [0.05, 0.1) is 12.1 Å². The minimum absolute atomic E-state index is 0.0326. The topological polar surface area (TPSA) is 87.5 Å². The van der Waals surface area contributed by atoms with Crippen LogP contribution in [0.25, 0.3) is 0 Å². The number of likely N-dealkylation sites (tertiary alicyclic amines) is 1. The quantitative estimate of drug-likeness (QED) is 0.707. The number of carbonyl (C=O) groups is 2. The van der Waals surface area contributed by atoms with E-state index in [1.165, 1.54) is 12.1 Å². The molecule has 1 aromatic carbocycles. The van der Waals surface area contributed by atoms with Gasteiger partial charge in [0, 0.05) is 25.7 Å². The molecular weight excluding hydrogens is 349 g/mol. The first-order chi connectivity index (χ1) is 12.2. The van der Waals surface area contributed by atoms with E-state index in [0.717, 1.165) is 30.5 Å². The Morgan fingerprint density at radius 1 is 1.15 bits per heavy atom. The van der Waals surface area contributed by atoms with Crippen LogP contribution in [0.3, 0.4) is 0 Å². The van der Waals surface area contributed by atoms with Crippen molar-refractivity contribution in [2.75, 3.05) is 26.2 Å². The Bertz CT molecular complexity index is 611. The van der Waals surface area contributed by atoms with Crippen molar-refractivity contribution in [2.45, 2.75) is 31.5 Å². The van der Waals surface area contributed by atoms with Gasteiger partial charge in [0.1, 0.15) is 0 Å². The monoisotopic (exact) mass is 372 g/mol. The molecule has 0 saturated carbocycles. The number of nitrogens with two attached hydrogens (primary N) is 1. The van der Waals surface area contributed by atoms with Gasteiger partial charge in [-0.05, 0) is 37.0 Å². The molecule has 3 amide bonds. The first kappa shape index (κ1) is 20.0. The van der Waals surface area contributed by atoms with Crippen molar-refractivity contribution in [3.8, 4) is 0 Å².